The molecule has 32 heavy (non-hydrogen) atoms. The Morgan fingerprint density at radius 3 is 2.50 bits per heavy atom. The molecule has 1 fully saturated rings. The maximum absolute atomic E-state index is 13.6. The van der Waals surface area contributed by atoms with Crippen molar-refractivity contribution in [3.05, 3.63) is 32.9 Å². The van der Waals surface area contributed by atoms with Crippen molar-refractivity contribution in [2.45, 2.75) is 58.2 Å². The Balaban J connectivity index is 1.76. The average molecular weight is 464 g/mol. The molecule has 1 saturated heterocycles. The van der Waals surface area contributed by atoms with E-state index in [1.54, 1.807) is 6.92 Å². The van der Waals surface area contributed by atoms with Crippen LogP contribution in [-0.4, -0.2) is 81.1 Å². The zero-order valence-corrected chi connectivity index (χ0v) is 18.9. The van der Waals surface area contributed by atoms with E-state index in [4.69, 9.17) is 33.2 Å². The van der Waals surface area contributed by atoms with Crippen LogP contribution in [0.2, 0.25) is 0 Å². The van der Waals surface area contributed by atoms with Crippen LogP contribution >= 0.6 is 0 Å². The number of halogens is 1. The van der Waals surface area contributed by atoms with Crippen molar-refractivity contribution in [3.63, 3.8) is 0 Å². The van der Waals surface area contributed by atoms with Gasteiger partial charge in [-0.25, -0.2) is 4.79 Å². The summed E-state index contributed by atoms with van der Waals surface area (Å²) < 4.78 is 53.2. The second-order valence-electron chi connectivity index (χ2n) is 7.08. The molecule has 2 rings (SSSR count). The molecule has 0 spiro atoms. The fourth-order valence-electron chi connectivity index (χ4n) is 3.22. The van der Waals surface area contributed by atoms with Gasteiger partial charge in [0.15, 0.2) is 12.6 Å². The molecule has 0 aliphatic carbocycles. The Morgan fingerprint density at radius 2 is 1.84 bits per heavy atom. The fraction of sp³-hybridized carbons (Fsp3) is 0.800. The minimum atomic E-state index is -1.08. The van der Waals surface area contributed by atoms with Crippen LogP contribution < -0.4 is 11.2 Å². The van der Waals surface area contributed by atoms with E-state index < -0.39 is 41.8 Å². The van der Waals surface area contributed by atoms with Gasteiger partial charge in [-0.15, -0.1) is 0 Å². The van der Waals surface area contributed by atoms with Gasteiger partial charge in [-0.3, -0.25) is 14.3 Å². The molecule has 1 aliphatic rings. The number of nitrogens with one attached hydrogen (secondary N) is 1. The van der Waals surface area contributed by atoms with Crippen LogP contribution in [0.5, 0.6) is 0 Å². The molecule has 0 amide bonds. The number of nitrogens with zero attached hydrogens (tertiary/aromatic N) is 1. The molecule has 2 unspecified atom stereocenters. The average Bonchev–Trinajstić information content (AvgIpc) is 3.12. The molecule has 0 saturated carbocycles. The van der Waals surface area contributed by atoms with E-state index in [0.717, 1.165) is 10.8 Å². The number of hydrogen-bond donors (Lipinski definition) is 1. The number of H-pyrrole nitrogens is 1. The van der Waals surface area contributed by atoms with E-state index in [2.05, 4.69) is 0 Å². The van der Waals surface area contributed by atoms with Crippen molar-refractivity contribution >= 4 is 0 Å². The summed E-state index contributed by atoms with van der Waals surface area (Å²) in [6.07, 6.45) is -1.55. The third kappa shape index (κ3) is 8.35. The minimum Gasteiger partial charge on any atom is -0.382 e. The maximum atomic E-state index is 13.6. The summed E-state index contributed by atoms with van der Waals surface area (Å²) in [5.74, 6) is -1.07. The van der Waals surface area contributed by atoms with E-state index >= 15 is 0 Å². The van der Waals surface area contributed by atoms with Gasteiger partial charge in [-0.05, 0) is 20.8 Å². The van der Waals surface area contributed by atoms with Crippen LogP contribution in [0.3, 0.4) is 0 Å². The second-order valence-corrected chi connectivity index (χ2v) is 7.08. The van der Waals surface area contributed by atoms with Gasteiger partial charge < -0.3 is 33.2 Å². The molecule has 0 radical (unpaired) electrons. The number of ether oxygens (including phenoxy) is 7. The van der Waals surface area contributed by atoms with Crippen molar-refractivity contribution < 1.29 is 37.5 Å². The summed E-state index contributed by atoms with van der Waals surface area (Å²) in [7, 11) is 1.51. The van der Waals surface area contributed by atoms with Gasteiger partial charge in [-0.1, -0.05) is 0 Å². The molecule has 0 aromatic carbocycles. The van der Waals surface area contributed by atoms with Crippen molar-refractivity contribution in [1.29, 1.82) is 0 Å². The van der Waals surface area contributed by atoms with Gasteiger partial charge in [0.1, 0.15) is 12.3 Å². The summed E-state index contributed by atoms with van der Waals surface area (Å²) in [5, 5.41) is 0. The van der Waals surface area contributed by atoms with Crippen LogP contribution in [0.25, 0.3) is 0 Å². The molecule has 1 aromatic rings. The predicted octanol–water partition coefficient (Wildman–Crippen LogP) is 0.773. The van der Waals surface area contributed by atoms with Crippen LogP contribution in [-0.2, 0) is 33.2 Å². The Bertz CT molecular complexity index is 787. The van der Waals surface area contributed by atoms with Gasteiger partial charge in [0.2, 0.25) is 5.82 Å². The van der Waals surface area contributed by atoms with Crippen LogP contribution in [0.15, 0.2) is 15.8 Å². The molecule has 1 aromatic heterocycles. The summed E-state index contributed by atoms with van der Waals surface area (Å²) in [6.45, 7) is 7.74. The number of aromatic nitrogens is 2. The predicted molar refractivity (Wildman–Crippen MR) is 110 cm³/mol. The monoisotopic (exact) mass is 464 g/mol. The summed E-state index contributed by atoms with van der Waals surface area (Å²) >= 11 is 0. The smallest absolute Gasteiger partial charge is 0.330 e. The highest BCUT2D eigenvalue weighted by atomic mass is 19.1. The van der Waals surface area contributed by atoms with E-state index in [1.807, 2.05) is 18.8 Å². The summed E-state index contributed by atoms with van der Waals surface area (Å²) in [4.78, 5) is 25.2. The van der Waals surface area contributed by atoms with E-state index in [-0.39, 0.29) is 19.3 Å². The lowest BCUT2D eigenvalue weighted by Gasteiger charge is -2.22. The lowest BCUT2D eigenvalue weighted by Crippen LogP contribution is -2.34. The topological polar surface area (TPSA) is 119 Å². The quantitative estimate of drug-likeness (QED) is 0.296. The molecular weight excluding hydrogens is 431 g/mol. The van der Waals surface area contributed by atoms with Gasteiger partial charge in [-0.2, -0.15) is 4.39 Å². The lowest BCUT2D eigenvalue weighted by molar-refractivity contribution is -0.182. The zero-order valence-electron chi connectivity index (χ0n) is 18.9. The maximum Gasteiger partial charge on any atom is 0.330 e. The van der Waals surface area contributed by atoms with Crippen LogP contribution in [0.1, 0.15) is 33.4 Å². The Hall–Kier alpha value is -1.67. The van der Waals surface area contributed by atoms with Gasteiger partial charge >= 0.3 is 5.69 Å². The number of rotatable bonds is 15. The first kappa shape index (κ1) is 26.6. The van der Waals surface area contributed by atoms with Crippen molar-refractivity contribution in [1.82, 2.24) is 9.55 Å². The number of hydrogen-bond acceptors (Lipinski definition) is 9. The van der Waals surface area contributed by atoms with Gasteiger partial charge in [0.05, 0.1) is 45.3 Å². The standard InChI is InChI=1S/C20H33FN2O9/c1-5-28-13(2)29-8-6-27-7-9-30-14(3)31-16-10-18(32-17(16)12-26-4)23-11-15(21)19(24)22-20(23)25/h11,13-14,16-18H,5-10,12H2,1-4H3,(H,22,24,25)/t13?,14?,16-,17-,18-/m1/s1. The molecule has 184 valence electrons. The minimum absolute atomic E-state index is 0.206. The second kappa shape index (κ2) is 13.8. The highest BCUT2D eigenvalue weighted by Gasteiger charge is 2.38. The summed E-state index contributed by atoms with van der Waals surface area (Å²) in [5.41, 5.74) is -1.84. The Labute approximate surface area is 185 Å². The summed E-state index contributed by atoms with van der Waals surface area (Å²) in [6, 6.07) is 0. The molecule has 0 bridgehead atoms. The molecule has 1 aliphatic heterocycles. The molecule has 12 heteroatoms. The first-order valence-corrected chi connectivity index (χ1v) is 10.6. The Kier molecular flexibility index (Phi) is 11.4. The van der Waals surface area contributed by atoms with Crippen molar-refractivity contribution in [2.24, 2.45) is 0 Å². The third-order valence-corrected chi connectivity index (χ3v) is 4.67. The fourth-order valence-corrected chi connectivity index (χ4v) is 3.22. The van der Waals surface area contributed by atoms with E-state index in [9.17, 15) is 14.0 Å². The van der Waals surface area contributed by atoms with Crippen LogP contribution in [0.4, 0.5) is 4.39 Å². The molecule has 5 atom stereocenters. The SMILES string of the molecule is CCOC(C)OCCOCCOC(C)O[C@@H]1C[C@H](n2cc(F)c(=O)[nH]c2=O)O[C@@H]1COC. The molecule has 1 N–H and O–H groups in total. The zero-order chi connectivity index (χ0) is 23.5. The molecule has 11 nitrogen and oxygen atoms in total. The van der Waals surface area contributed by atoms with E-state index in [0.29, 0.717) is 33.0 Å². The van der Waals surface area contributed by atoms with E-state index in [1.165, 1.54) is 7.11 Å². The van der Waals surface area contributed by atoms with Crippen molar-refractivity contribution in [3.8, 4) is 0 Å². The van der Waals surface area contributed by atoms with Gasteiger partial charge in [0.25, 0.3) is 5.56 Å². The largest absolute Gasteiger partial charge is 0.382 e. The highest BCUT2D eigenvalue weighted by Crippen LogP contribution is 2.31. The van der Waals surface area contributed by atoms with Crippen molar-refractivity contribution in [2.75, 3.05) is 46.8 Å². The number of aromatic amines is 1. The number of methoxy groups -OCH3 is 1. The molecule has 2 heterocycles. The highest BCUT2D eigenvalue weighted by molar-refractivity contribution is 4.91. The van der Waals surface area contributed by atoms with Gasteiger partial charge in [0, 0.05) is 20.1 Å². The first-order valence-electron chi connectivity index (χ1n) is 10.6. The third-order valence-electron chi connectivity index (χ3n) is 4.67. The normalized spacial score (nSPS) is 22.8. The Morgan fingerprint density at radius 1 is 1.16 bits per heavy atom. The first-order chi connectivity index (χ1) is 15.3. The van der Waals surface area contributed by atoms with Crippen LogP contribution in [0, 0.1) is 5.82 Å². The lowest BCUT2D eigenvalue weighted by atomic mass is 10.2. The molecular formula is C20H33FN2O9.